The van der Waals surface area contributed by atoms with E-state index in [1.54, 1.807) is 4.68 Å². The average Bonchev–Trinajstić information content (AvgIpc) is 2.54. The van der Waals surface area contributed by atoms with E-state index in [0.29, 0.717) is 0 Å². The number of nitrogens with two attached hydrogens (primary N) is 1. The van der Waals surface area contributed by atoms with Crippen LogP contribution in [0, 0.1) is 0 Å². The van der Waals surface area contributed by atoms with Gasteiger partial charge >= 0.3 is 0 Å². The van der Waals surface area contributed by atoms with Gasteiger partial charge in [0.1, 0.15) is 0 Å². The number of nitrogens with zero attached hydrogens (tertiary/aromatic N) is 3. The minimum Gasteiger partial charge on any atom is -0.394 e. The van der Waals surface area contributed by atoms with Crippen LogP contribution in [0.3, 0.4) is 0 Å². The van der Waals surface area contributed by atoms with E-state index in [1.807, 2.05) is 32.8 Å². The number of aryl methyl sites for hydroxylation is 2. The van der Waals surface area contributed by atoms with Crippen LogP contribution < -0.4 is 10.6 Å². The predicted molar refractivity (Wildman–Crippen MR) is 71.2 cm³/mol. The maximum absolute atomic E-state index is 9.41. The highest BCUT2D eigenvalue weighted by atomic mass is 16.3. The largest absolute Gasteiger partial charge is 0.394 e. The molecule has 1 aromatic rings. The molecule has 0 fully saturated rings. The summed E-state index contributed by atoms with van der Waals surface area (Å²) in [5.74, 6) is 0.868. The van der Waals surface area contributed by atoms with Crippen LogP contribution in [-0.2, 0) is 13.5 Å². The first-order chi connectivity index (χ1) is 7.85. The van der Waals surface area contributed by atoms with E-state index in [-0.39, 0.29) is 12.1 Å². The molecule has 1 heterocycles. The third-order valence-corrected chi connectivity index (χ3v) is 3.23. The standard InChI is InChI=1S/C12H24N4O/c1-6-7-9-10(13)11(16(5)14-9)15(4)12(2,3)8-17/h17H,6-8,13H2,1-5H3. The van der Waals surface area contributed by atoms with E-state index in [9.17, 15) is 5.11 Å². The van der Waals surface area contributed by atoms with Gasteiger partial charge in [0.25, 0.3) is 0 Å². The summed E-state index contributed by atoms with van der Waals surface area (Å²) in [7, 11) is 3.81. The molecule has 0 unspecified atom stereocenters. The van der Waals surface area contributed by atoms with Gasteiger partial charge in [0.05, 0.1) is 23.5 Å². The fraction of sp³-hybridized carbons (Fsp3) is 0.750. The third kappa shape index (κ3) is 2.54. The van der Waals surface area contributed by atoms with Crippen molar-refractivity contribution < 1.29 is 5.11 Å². The lowest BCUT2D eigenvalue weighted by atomic mass is 10.1. The zero-order valence-corrected chi connectivity index (χ0v) is 11.5. The fourth-order valence-corrected chi connectivity index (χ4v) is 1.80. The van der Waals surface area contributed by atoms with Crippen molar-refractivity contribution in [1.29, 1.82) is 0 Å². The van der Waals surface area contributed by atoms with Crippen LogP contribution in [0.2, 0.25) is 0 Å². The van der Waals surface area contributed by atoms with Crippen LogP contribution in [0.15, 0.2) is 0 Å². The summed E-state index contributed by atoms with van der Waals surface area (Å²) in [4.78, 5) is 1.98. The number of rotatable bonds is 5. The van der Waals surface area contributed by atoms with Gasteiger partial charge in [-0.25, -0.2) is 0 Å². The lowest BCUT2D eigenvalue weighted by Gasteiger charge is -2.35. The Morgan fingerprint density at radius 1 is 1.47 bits per heavy atom. The highest BCUT2D eigenvalue weighted by molar-refractivity contribution is 5.67. The Labute approximate surface area is 103 Å². The Hall–Kier alpha value is -1.23. The molecule has 5 heteroatoms. The molecule has 0 spiro atoms. The van der Waals surface area contributed by atoms with Gasteiger partial charge in [-0.1, -0.05) is 13.3 Å². The maximum atomic E-state index is 9.41. The minimum absolute atomic E-state index is 0.0667. The van der Waals surface area contributed by atoms with Crippen molar-refractivity contribution in [2.45, 2.75) is 39.2 Å². The predicted octanol–water partition coefficient (Wildman–Crippen LogP) is 1.16. The molecule has 98 valence electrons. The molecular weight excluding hydrogens is 216 g/mol. The first-order valence-corrected chi connectivity index (χ1v) is 6.01. The molecule has 0 saturated heterocycles. The molecule has 0 aliphatic rings. The van der Waals surface area contributed by atoms with Crippen LogP contribution in [-0.4, -0.2) is 34.1 Å². The Balaban J connectivity index is 3.14. The Kier molecular flexibility index (Phi) is 4.03. The second-order valence-electron chi connectivity index (χ2n) is 5.09. The lowest BCUT2D eigenvalue weighted by Crippen LogP contribution is -2.45. The van der Waals surface area contributed by atoms with Gasteiger partial charge in [-0.3, -0.25) is 4.68 Å². The molecule has 0 bridgehead atoms. The highest BCUT2D eigenvalue weighted by Gasteiger charge is 2.27. The maximum Gasteiger partial charge on any atom is 0.150 e. The average molecular weight is 240 g/mol. The molecule has 0 aliphatic heterocycles. The summed E-state index contributed by atoms with van der Waals surface area (Å²) >= 11 is 0. The van der Waals surface area contributed by atoms with Gasteiger partial charge in [0.2, 0.25) is 0 Å². The zero-order valence-electron chi connectivity index (χ0n) is 11.5. The van der Waals surface area contributed by atoms with Crippen LogP contribution in [0.1, 0.15) is 32.9 Å². The number of aliphatic hydroxyl groups is 1. The first kappa shape index (κ1) is 13.8. The van der Waals surface area contributed by atoms with E-state index in [0.717, 1.165) is 30.0 Å². The third-order valence-electron chi connectivity index (χ3n) is 3.23. The molecule has 5 nitrogen and oxygen atoms in total. The Morgan fingerprint density at radius 3 is 2.53 bits per heavy atom. The fourth-order valence-electron chi connectivity index (χ4n) is 1.80. The van der Waals surface area contributed by atoms with Gasteiger partial charge in [-0.15, -0.1) is 0 Å². The second kappa shape index (κ2) is 4.96. The van der Waals surface area contributed by atoms with Crippen molar-refractivity contribution in [1.82, 2.24) is 9.78 Å². The van der Waals surface area contributed by atoms with Crippen LogP contribution in [0.4, 0.5) is 11.5 Å². The first-order valence-electron chi connectivity index (χ1n) is 6.01. The van der Waals surface area contributed by atoms with Gasteiger partial charge in [-0.05, 0) is 20.3 Å². The highest BCUT2D eigenvalue weighted by Crippen LogP contribution is 2.30. The summed E-state index contributed by atoms with van der Waals surface area (Å²) < 4.78 is 1.79. The van der Waals surface area contributed by atoms with Crippen molar-refractivity contribution in [3.8, 4) is 0 Å². The number of nitrogen functional groups attached to an aromatic ring is 1. The number of anilines is 2. The van der Waals surface area contributed by atoms with Crippen molar-refractivity contribution in [2.75, 3.05) is 24.3 Å². The van der Waals surface area contributed by atoms with Gasteiger partial charge in [0.15, 0.2) is 5.82 Å². The molecule has 0 atom stereocenters. The van der Waals surface area contributed by atoms with E-state index >= 15 is 0 Å². The van der Waals surface area contributed by atoms with Crippen molar-refractivity contribution >= 4 is 11.5 Å². The van der Waals surface area contributed by atoms with Crippen molar-refractivity contribution in [3.05, 3.63) is 5.69 Å². The molecular formula is C12H24N4O. The summed E-state index contributed by atoms with van der Waals surface area (Å²) in [5.41, 5.74) is 7.44. The summed E-state index contributed by atoms with van der Waals surface area (Å²) in [6, 6.07) is 0. The SMILES string of the molecule is CCCc1nn(C)c(N(C)C(C)(C)CO)c1N. The van der Waals surface area contributed by atoms with Gasteiger partial charge in [0, 0.05) is 14.1 Å². The summed E-state index contributed by atoms with van der Waals surface area (Å²) in [6.45, 7) is 6.12. The number of hydrogen-bond acceptors (Lipinski definition) is 4. The minimum atomic E-state index is -0.356. The molecule has 0 aliphatic carbocycles. The summed E-state index contributed by atoms with van der Waals surface area (Å²) in [6.07, 6.45) is 1.90. The molecule has 1 aromatic heterocycles. The molecule has 0 amide bonds. The number of hydrogen-bond donors (Lipinski definition) is 2. The quantitative estimate of drug-likeness (QED) is 0.810. The van der Waals surface area contributed by atoms with Crippen LogP contribution in [0.25, 0.3) is 0 Å². The number of aromatic nitrogens is 2. The Morgan fingerprint density at radius 2 is 2.06 bits per heavy atom. The van der Waals surface area contributed by atoms with E-state index in [4.69, 9.17) is 5.73 Å². The smallest absolute Gasteiger partial charge is 0.150 e. The second-order valence-corrected chi connectivity index (χ2v) is 5.09. The van der Waals surface area contributed by atoms with E-state index < -0.39 is 0 Å². The molecule has 0 aromatic carbocycles. The lowest BCUT2D eigenvalue weighted by molar-refractivity contribution is 0.215. The van der Waals surface area contributed by atoms with E-state index in [2.05, 4.69) is 12.0 Å². The number of likely N-dealkylation sites (N-methyl/N-ethyl adjacent to an activating group) is 1. The van der Waals surface area contributed by atoms with Crippen LogP contribution >= 0.6 is 0 Å². The number of aliphatic hydroxyl groups excluding tert-OH is 1. The molecule has 3 N–H and O–H groups in total. The molecule has 0 saturated carbocycles. The zero-order chi connectivity index (χ0) is 13.2. The molecule has 1 rings (SSSR count). The van der Waals surface area contributed by atoms with Crippen LogP contribution in [0.5, 0.6) is 0 Å². The van der Waals surface area contributed by atoms with Crippen molar-refractivity contribution in [2.24, 2.45) is 7.05 Å². The normalized spacial score (nSPS) is 11.9. The van der Waals surface area contributed by atoms with Gasteiger partial charge in [-0.2, -0.15) is 5.10 Å². The summed E-state index contributed by atoms with van der Waals surface area (Å²) in [5, 5.41) is 13.8. The molecule has 0 radical (unpaired) electrons. The van der Waals surface area contributed by atoms with Crippen molar-refractivity contribution in [3.63, 3.8) is 0 Å². The van der Waals surface area contributed by atoms with Gasteiger partial charge < -0.3 is 15.7 Å². The Bertz CT molecular complexity index is 384. The molecule has 17 heavy (non-hydrogen) atoms. The topological polar surface area (TPSA) is 67.3 Å². The monoisotopic (exact) mass is 240 g/mol. The van der Waals surface area contributed by atoms with E-state index in [1.165, 1.54) is 0 Å².